The van der Waals surface area contributed by atoms with Gasteiger partial charge in [-0.15, -0.1) is 0 Å². The maximum atomic E-state index is 12.4. The zero-order valence-electron chi connectivity index (χ0n) is 24.4. The number of hydrogen-bond donors (Lipinski definition) is 12. The molecule has 0 saturated carbocycles. The van der Waals surface area contributed by atoms with Gasteiger partial charge < -0.3 is 85.4 Å². The number of carbonyl (C=O) groups excluding carboxylic acids is 2. The summed E-state index contributed by atoms with van der Waals surface area (Å²) >= 11 is 0. The Morgan fingerprint density at radius 3 is 2.13 bits per heavy atom. The highest BCUT2D eigenvalue weighted by atomic mass is 16.7. The van der Waals surface area contributed by atoms with E-state index in [1.807, 2.05) is 0 Å². The van der Waals surface area contributed by atoms with Gasteiger partial charge in [-0.1, -0.05) is 0 Å². The molecule has 260 valence electrons. The first-order valence-corrected chi connectivity index (χ1v) is 14.1. The Labute approximate surface area is 256 Å². The van der Waals surface area contributed by atoms with E-state index in [0.717, 1.165) is 13.8 Å². The van der Waals surface area contributed by atoms with Crippen LogP contribution < -0.4 is 10.6 Å². The lowest BCUT2D eigenvalue weighted by Gasteiger charge is -2.48. The summed E-state index contributed by atoms with van der Waals surface area (Å²) in [6.45, 7) is -0.695. The molecule has 20 heteroatoms. The highest BCUT2D eigenvalue weighted by Crippen LogP contribution is 2.35. The first-order chi connectivity index (χ1) is 21.1. The third kappa shape index (κ3) is 8.42. The van der Waals surface area contributed by atoms with Gasteiger partial charge in [-0.3, -0.25) is 9.59 Å². The summed E-state index contributed by atoms with van der Waals surface area (Å²) in [5.74, 6) is -5.83. The molecule has 2 amide bonds. The van der Waals surface area contributed by atoms with Crippen molar-refractivity contribution in [1.29, 1.82) is 0 Å². The molecule has 0 unspecified atom stereocenters. The van der Waals surface area contributed by atoms with E-state index in [2.05, 4.69) is 10.6 Å². The Hall–Kier alpha value is -2.15. The van der Waals surface area contributed by atoms with Crippen LogP contribution in [0.4, 0.5) is 0 Å². The van der Waals surface area contributed by atoms with E-state index in [-0.39, 0.29) is 6.61 Å². The third-order valence-corrected chi connectivity index (χ3v) is 7.80. The van der Waals surface area contributed by atoms with Crippen molar-refractivity contribution in [3.8, 4) is 0 Å². The van der Waals surface area contributed by atoms with E-state index in [0.29, 0.717) is 0 Å². The molecule has 0 aliphatic carbocycles. The maximum Gasteiger partial charge on any atom is 0.364 e. The minimum atomic E-state index is -2.75. The lowest BCUT2D eigenvalue weighted by atomic mass is 9.88. The summed E-state index contributed by atoms with van der Waals surface area (Å²) in [6.07, 6.45) is -21.5. The van der Waals surface area contributed by atoms with Crippen molar-refractivity contribution in [1.82, 2.24) is 10.6 Å². The molecule has 3 aliphatic rings. The minimum Gasteiger partial charge on any atom is -0.477 e. The number of nitrogens with one attached hydrogen (secondary N) is 2. The van der Waals surface area contributed by atoms with E-state index in [1.165, 1.54) is 0 Å². The molecule has 3 aliphatic heterocycles. The molecule has 0 bridgehead atoms. The molecule has 0 aromatic heterocycles. The predicted octanol–water partition coefficient (Wildman–Crippen LogP) is -7.40. The normalized spacial score (nSPS) is 41.9. The van der Waals surface area contributed by atoms with Gasteiger partial charge in [0.2, 0.25) is 11.8 Å². The molecular weight excluding hydrogens is 616 g/mol. The Kier molecular flexibility index (Phi) is 13.0. The molecule has 15 atom stereocenters. The van der Waals surface area contributed by atoms with Gasteiger partial charge in [0.1, 0.15) is 61.0 Å². The van der Waals surface area contributed by atoms with E-state index >= 15 is 0 Å². The molecular formula is C25H42N2O18. The van der Waals surface area contributed by atoms with Crippen LogP contribution in [0.5, 0.6) is 0 Å². The standard InChI is InChI=1S/C25H42N2O18/c1-8(30)26-10-6-41-14(18(36)21(10)44-23-20(38)19(37)17(35)13(5-29)43-23)7-42-25(24(39)40)3-11(32)15(27-9(2)31)22(45-25)16(34)12(33)4-28/h10-23,28-29,32-38H,3-7H2,1-2H3,(H,26,30)(H,27,31)(H,39,40)/t10-,11-,12+,13+,14+,15+,16+,17-,18+,19-,20+,21+,22+,23-,25+/m0/s1. The zero-order valence-corrected chi connectivity index (χ0v) is 24.4. The molecule has 0 radical (unpaired) electrons. The molecule has 12 N–H and O–H groups in total. The molecule has 3 fully saturated rings. The second kappa shape index (κ2) is 15.6. The number of rotatable bonds is 12. The molecule has 20 nitrogen and oxygen atoms in total. The largest absolute Gasteiger partial charge is 0.477 e. The van der Waals surface area contributed by atoms with Gasteiger partial charge in [0.25, 0.3) is 5.79 Å². The van der Waals surface area contributed by atoms with Crippen LogP contribution in [0, 0.1) is 0 Å². The quantitative estimate of drug-likeness (QED) is 0.0926. The van der Waals surface area contributed by atoms with Crippen LogP contribution in [0.1, 0.15) is 20.3 Å². The monoisotopic (exact) mass is 658 g/mol. The number of ether oxygens (including phenoxy) is 5. The highest BCUT2D eigenvalue weighted by Gasteiger charge is 2.57. The molecule has 45 heavy (non-hydrogen) atoms. The van der Waals surface area contributed by atoms with E-state index in [4.69, 9.17) is 23.7 Å². The van der Waals surface area contributed by atoms with Gasteiger partial charge in [0.15, 0.2) is 6.29 Å². The summed E-state index contributed by atoms with van der Waals surface area (Å²) in [4.78, 5) is 36.0. The van der Waals surface area contributed by atoms with Crippen molar-refractivity contribution in [3.05, 3.63) is 0 Å². The van der Waals surface area contributed by atoms with Crippen molar-refractivity contribution in [2.75, 3.05) is 26.4 Å². The van der Waals surface area contributed by atoms with Crippen molar-refractivity contribution >= 4 is 17.8 Å². The second-order valence-electron chi connectivity index (χ2n) is 11.2. The fraction of sp³-hybridized carbons (Fsp3) is 0.880. The van der Waals surface area contributed by atoms with Gasteiger partial charge in [0, 0.05) is 20.3 Å². The Bertz CT molecular complexity index is 1020. The SMILES string of the molecule is CC(=O)N[C@H]1[C@H]([C@H](O)[C@H](O)CO)O[C@@](OC[C@H]2OC[C@H](NC(C)=O)[C@@H](O[C@@H]3O[C@H](CO)[C@H](O)[C@H](O)[C@H]3O)[C@@H]2O)(C(=O)O)C[C@@H]1O. The molecule has 3 heterocycles. The summed E-state index contributed by atoms with van der Waals surface area (Å²) in [7, 11) is 0. The van der Waals surface area contributed by atoms with Crippen molar-refractivity contribution < 1.29 is 89.1 Å². The zero-order chi connectivity index (χ0) is 33.8. The summed E-state index contributed by atoms with van der Waals surface area (Å²) in [6, 6.07) is -2.54. The number of carboxylic acids is 1. The van der Waals surface area contributed by atoms with E-state index < -0.39 is 135 Å². The number of carboxylic acid groups (broad SMARTS) is 1. The van der Waals surface area contributed by atoms with Crippen molar-refractivity contribution in [2.45, 2.75) is 112 Å². The fourth-order valence-corrected chi connectivity index (χ4v) is 5.41. The number of hydrogen-bond acceptors (Lipinski definition) is 17. The van der Waals surface area contributed by atoms with Crippen molar-refractivity contribution in [3.63, 3.8) is 0 Å². The molecule has 0 aromatic carbocycles. The lowest BCUT2D eigenvalue weighted by molar-refractivity contribution is -0.336. The van der Waals surface area contributed by atoms with Crippen LogP contribution in [0.3, 0.4) is 0 Å². The van der Waals surface area contributed by atoms with Crippen LogP contribution in [0.15, 0.2) is 0 Å². The van der Waals surface area contributed by atoms with Gasteiger partial charge >= 0.3 is 5.97 Å². The van der Waals surface area contributed by atoms with E-state index in [1.54, 1.807) is 0 Å². The smallest absolute Gasteiger partial charge is 0.364 e. The highest BCUT2D eigenvalue weighted by molar-refractivity contribution is 5.76. The second-order valence-corrected chi connectivity index (χ2v) is 11.2. The van der Waals surface area contributed by atoms with E-state index in [9.17, 15) is 65.4 Å². The Morgan fingerprint density at radius 2 is 1.58 bits per heavy atom. The fourth-order valence-electron chi connectivity index (χ4n) is 5.41. The average molecular weight is 659 g/mol. The maximum absolute atomic E-state index is 12.4. The minimum absolute atomic E-state index is 0.370. The molecule has 3 rings (SSSR count). The Balaban J connectivity index is 1.83. The number of aliphatic hydroxyl groups is 9. The van der Waals surface area contributed by atoms with Crippen LogP contribution in [-0.2, 0) is 38.1 Å². The average Bonchev–Trinajstić information content (AvgIpc) is 2.98. The molecule has 3 saturated heterocycles. The number of amides is 2. The van der Waals surface area contributed by atoms with Gasteiger partial charge in [-0.2, -0.15) is 0 Å². The van der Waals surface area contributed by atoms with Crippen LogP contribution in [0.2, 0.25) is 0 Å². The first-order valence-electron chi connectivity index (χ1n) is 14.1. The number of aliphatic carboxylic acids is 1. The van der Waals surface area contributed by atoms with Crippen LogP contribution in [0.25, 0.3) is 0 Å². The van der Waals surface area contributed by atoms with Gasteiger partial charge in [-0.25, -0.2) is 4.79 Å². The topological polar surface area (TPSA) is 324 Å². The summed E-state index contributed by atoms with van der Waals surface area (Å²) < 4.78 is 27.7. The predicted molar refractivity (Wildman–Crippen MR) is 141 cm³/mol. The van der Waals surface area contributed by atoms with Crippen molar-refractivity contribution in [2.24, 2.45) is 0 Å². The Morgan fingerprint density at radius 1 is 0.933 bits per heavy atom. The lowest BCUT2D eigenvalue weighted by Crippen LogP contribution is -2.68. The number of carbonyl (C=O) groups is 3. The van der Waals surface area contributed by atoms with Crippen LogP contribution in [-0.4, -0.2) is 187 Å². The third-order valence-electron chi connectivity index (χ3n) is 7.80. The summed E-state index contributed by atoms with van der Waals surface area (Å²) in [5, 5.41) is 107. The van der Waals surface area contributed by atoms with Gasteiger partial charge in [-0.05, 0) is 0 Å². The first kappa shape index (κ1) is 37.3. The van der Waals surface area contributed by atoms with Gasteiger partial charge in [0.05, 0.1) is 44.6 Å². The summed E-state index contributed by atoms with van der Waals surface area (Å²) in [5.41, 5.74) is 0. The number of aliphatic hydroxyl groups excluding tert-OH is 9. The molecule has 0 spiro atoms. The van der Waals surface area contributed by atoms with Crippen LogP contribution >= 0.6 is 0 Å². The molecule has 0 aromatic rings.